The monoisotopic (exact) mass is 432 g/mol. The Kier molecular flexibility index (Phi) is 5.49. The fourth-order valence-corrected chi connectivity index (χ4v) is 4.97. The van der Waals surface area contributed by atoms with Gasteiger partial charge in [0, 0.05) is 36.3 Å². The first-order chi connectivity index (χ1) is 15.2. The molecule has 1 aliphatic rings. The highest BCUT2D eigenvalue weighted by atomic mass is 32.1. The van der Waals surface area contributed by atoms with E-state index in [0.29, 0.717) is 6.61 Å². The Morgan fingerprint density at radius 2 is 1.81 bits per heavy atom. The smallest absolute Gasteiger partial charge is 0.165 e. The van der Waals surface area contributed by atoms with Gasteiger partial charge in [0.25, 0.3) is 0 Å². The second kappa shape index (κ2) is 8.57. The maximum atomic E-state index is 6.13. The predicted octanol–water partition coefficient (Wildman–Crippen LogP) is 5.38. The molecule has 0 fully saturated rings. The van der Waals surface area contributed by atoms with E-state index in [0.717, 1.165) is 58.5 Å². The maximum absolute atomic E-state index is 6.13. The van der Waals surface area contributed by atoms with Gasteiger partial charge >= 0.3 is 0 Å². The van der Waals surface area contributed by atoms with Crippen molar-refractivity contribution in [3.8, 4) is 27.8 Å². The molecule has 31 heavy (non-hydrogen) atoms. The largest absolute Gasteiger partial charge is 0.496 e. The summed E-state index contributed by atoms with van der Waals surface area (Å²) >= 11 is 1.70. The first-order valence-electron chi connectivity index (χ1n) is 10.3. The van der Waals surface area contributed by atoms with Crippen molar-refractivity contribution in [1.29, 1.82) is 0 Å². The van der Waals surface area contributed by atoms with Crippen molar-refractivity contribution in [2.75, 3.05) is 27.4 Å². The minimum atomic E-state index is 0.610. The Morgan fingerprint density at radius 1 is 1.00 bits per heavy atom. The van der Waals surface area contributed by atoms with Crippen LogP contribution in [-0.4, -0.2) is 37.3 Å². The number of thiazole rings is 1. The van der Waals surface area contributed by atoms with Gasteiger partial charge in [-0.25, -0.2) is 4.98 Å². The van der Waals surface area contributed by atoms with E-state index in [1.165, 1.54) is 10.3 Å². The third kappa shape index (κ3) is 3.96. The van der Waals surface area contributed by atoms with E-state index in [1.807, 2.05) is 42.5 Å². The lowest BCUT2D eigenvalue weighted by atomic mass is 10.1. The van der Waals surface area contributed by atoms with E-state index in [2.05, 4.69) is 23.1 Å². The third-order valence-electron chi connectivity index (χ3n) is 5.53. The summed E-state index contributed by atoms with van der Waals surface area (Å²) in [5.74, 6) is 2.49. The van der Waals surface area contributed by atoms with Crippen molar-refractivity contribution in [3.63, 3.8) is 0 Å². The number of hydrogen-bond donors (Lipinski definition) is 0. The SMILES string of the molecule is COc1ccccc1CN1CCOc2c(cc(-c3nc4ccccc4s3)cc2OC)C1. The fraction of sp³-hybridized carbons (Fsp3) is 0.240. The number of nitrogens with zero attached hydrogens (tertiary/aromatic N) is 2. The number of benzene rings is 3. The van der Waals surface area contributed by atoms with Crippen molar-refractivity contribution in [3.05, 3.63) is 71.8 Å². The second-order valence-corrected chi connectivity index (χ2v) is 8.56. The highest BCUT2D eigenvalue weighted by molar-refractivity contribution is 7.21. The molecule has 0 bridgehead atoms. The fourth-order valence-electron chi connectivity index (χ4n) is 4.02. The van der Waals surface area contributed by atoms with Gasteiger partial charge in [0.05, 0.1) is 24.4 Å². The van der Waals surface area contributed by atoms with Crippen LogP contribution in [0.2, 0.25) is 0 Å². The molecule has 0 spiro atoms. The molecule has 1 aromatic heterocycles. The van der Waals surface area contributed by atoms with Crippen LogP contribution in [0.15, 0.2) is 60.7 Å². The lowest BCUT2D eigenvalue weighted by Gasteiger charge is -2.21. The topological polar surface area (TPSA) is 43.8 Å². The predicted molar refractivity (Wildman–Crippen MR) is 124 cm³/mol. The van der Waals surface area contributed by atoms with Crippen LogP contribution >= 0.6 is 11.3 Å². The number of fused-ring (bicyclic) bond motifs is 2. The molecule has 0 aliphatic carbocycles. The summed E-state index contributed by atoms with van der Waals surface area (Å²) in [6, 6.07) is 20.6. The van der Waals surface area contributed by atoms with Gasteiger partial charge in [-0.3, -0.25) is 4.90 Å². The minimum absolute atomic E-state index is 0.610. The van der Waals surface area contributed by atoms with Crippen molar-refractivity contribution in [1.82, 2.24) is 9.88 Å². The van der Waals surface area contributed by atoms with Crippen LogP contribution in [0.4, 0.5) is 0 Å². The average Bonchev–Trinajstić information content (AvgIpc) is 3.13. The lowest BCUT2D eigenvalue weighted by Crippen LogP contribution is -2.25. The van der Waals surface area contributed by atoms with Crippen LogP contribution in [0.1, 0.15) is 11.1 Å². The Morgan fingerprint density at radius 3 is 2.65 bits per heavy atom. The molecule has 3 aromatic carbocycles. The highest BCUT2D eigenvalue weighted by Crippen LogP contribution is 2.40. The summed E-state index contributed by atoms with van der Waals surface area (Å²) in [6.45, 7) is 2.99. The van der Waals surface area contributed by atoms with Gasteiger partial charge in [-0.15, -0.1) is 11.3 Å². The molecule has 0 radical (unpaired) electrons. The molecule has 1 aliphatic heterocycles. The molecule has 4 aromatic rings. The summed E-state index contributed by atoms with van der Waals surface area (Å²) in [6.07, 6.45) is 0. The number of para-hydroxylation sites is 2. The first kappa shape index (κ1) is 19.8. The van der Waals surface area contributed by atoms with E-state index in [4.69, 9.17) is 19.2 Å². The Labute approximate surface area is 185 Å². The highest BCUT2D eigenvalue weighted by Gasteiger charge is 2.22. The standard InChI is InChI=1S/C25H24N2O3S/c1-28-21-9-5-3-7-17(21)15-27-11-12-30-24-19(16-27)13-18(14-22(24)29-2)25-26-20-8-4-6-10-23(20)31-25/h3-10,13-14H,11-12,15-16H2,1-2H3. The van der Waals surface area contributed by atoms with Gasteiger partial charge in [-0.2, -0.15) is 0 Å². The number of methoxy groups -OCH3 is 2. The summed E-state index contributed by atoms with van der Waals surface area (Å²) in [5, 5.41) is 0.989. The Hall–Kier alpha value is -3.09. The molecule has 6 heteroatoms. The van der Waals surface area contributed by atoms with E-state index in [1.54, 1.807) is 25.6 Å². The zero-order chi connectivity index (χ0) is 21.2. The molecule has 5 rings (SSSR count). The van der Waals surface area contributed by atoms with Crippen molar-refractivity contribution in [2.24, 2.45) is 0 Å². The number of rotatable bonds is 5. The second-order valence-electron chi connectivity index (χ2n) is 7.52. The number of aromatic nitrogens is 1. The summed E-state index contributed by atoms with van der Waals surface area (Å²) < 4.78 is 18.6. The van der Waals surface area contributed by atoms with E-state index < -0.39 is 0 Å². The summed E-state index contributed by atoms with van der Waals surface area (Å²) in [5.41, 5.74) is 4.36. The van der Waals surface area contributed by atoms with Gasteiger partial charge in [-0.05, 0) is 30.3 Å². The van der Waals surface area contributed by atoms with E-state index in [9.17, 15) is 0 Å². The molecule has 0 saturated heterocycles. The van der Waals surface area contributed by atoms with Gasteiger partial charge in [-0.1, -0.05) is 30.3 Å². The van der Waals surface area contributed by atoms with Crippen LogP contribution in [0, 0.1) is 0 Å². The number of ether oxygens (including phenoxy) is 3. The quantitative estimate of drug-likeness (QED) is 0.424. The number of hydrogen-bond acceptors (Lipinski definition) is 6. The van der Waals surface area contributed by atoms with Gasteiger partial charge in [0.2, 0.25) is 0 Å². The third-order valence-corrected chi connectivity index (χ3v) is 6.61. The molecule has 158 valence electrons. The molecule has 0 atom stereocenters. The van der Waals surface area contributed by atoms with Crippen molar-refractivity contribution >= 4 is 21.6 Å². The van der Waals surface area contributed by atoms with Crippen LogP contribution in [0.25, 0.3) is 20.8 Å². The summed E-state index contributed by atoms with van der Waals surface area (Å²) in [7, 11) is 3.41. The molecule has 0 N–H and O–H groups in total. The zero-order valence-corrected chi connectivity index (χ0v) is 18.4. The Bertz CT molecular complexity index is 1190. The molecule has 2 heterocycles. The molecule has 0 saturated carbocycles. The maximum Gasteiger partial charge on any atom is 0.165 e. The molecular weight excluding hydrogens is 408 g/mol. The molecule has 0 unspecified atom stereocenters. The molecular formula is C25H24N2O3S. The summed E-state index contributed by atoms with van der Waals surface area (Å²) in [4.78, 5) is 7.21. The van der Waals surface area contributed by atoms with Crippen LogP contribution in [0.5, 0.6) is 17.2 Å². The first-order valence-corrected chi connectivity index (χ1v) is 11.1. The molecule has 5 nitrogen and oxygen atoms in total. The average molecular weight is 433 g/mol. The minimum Gasteiger partial charge on any atom is -0.496 e. The van der Waals surface area contributed by atoms with Crippen molar-refractivity contribution < 1.29 is 14.2 Å². The van der Waals surface area contributed by atoms with Crippen molar-refractivity contribution in [2.45, 2.75) is 13.1 Å². The van der Waals surface area contributed by atoms with E-state index in [-0.39, 0.29) is 0 Å². The van der Waals surface area contributed by atoms with Gasteiger partial charge < -0.3 is 14.2 Å². The zero-order valence-electron chi connectivity index (χ0n) is 17.6. The van der Waals surface area contributed by atoms with Crippen LogP contribution < -0.4 is 14.2 Å². The van der Waals surface area contributed by atoms with E-state index >= 15 is 0 Å². The van der Waals surface area contributed by atoms with Gasteiger partial charge in [0.15, 0.2) is 11.5 Å². The Balaban J connectivity index is 1.50. The molecule has 0 amide bonds. The van der Waals surface area contributed by atoms with Crippen LogP contribution in [-0.2, 0) is 13.1 Å². The van der Waals surface area contributed by atoms with Crippen LogP contribution in [0.3, 0.4) is 0 Å². The van der Waals surface area contributed by atoms with Gasteiger partial charge in [0.1, 0.15) is 17.4 Å². The normalized spacial score (nSPS) is 14.0. The lowest BCUT2D eigenvalue weighted by molar-refractivity contribution is 0.215.